The number of carbonyl (C=O) groups excluding carboxylic acids is 1. The lowest BCUT2D eigenvalue weighted by Crippen LogP contribution is -2.13. The summed E-state index contributed by atoms with van der Waals surface area (Å²) in [6, 6.07) is 11.9. The first-order chi connectivity index (χ1) is 9.60. The number of rotatable bonds is 4. The lowest BCUT2D eigenvalue weighted by Gasteiger charge is -2.10. The van der Waals surface area contributed by atoms with E-state index in [2.05, 4.69) is 5.32 Å². The van der Waals surface area contributed by atoms with Crippen molar-refractivity contribution in [1.29, 1.82) is 0 Å². The van der Waals surface area contributed by atoms with E-state index in [1.54, 1.807) is 42.5 Å². The van der Waals surface area contributed by atoms with Gasteiger partial charge in [-0.15, -0.1) is 0 Å². The van der Waals surface area contributed by atoms with E-state index in [0.717, 1.165) is 0 Å². The highest BCUT2D eigenvalue weighted by Gasteiger charge is 2.09. The molecule has 0 bridgehead atoms. The summed E-state index contributed by atoms with van der Waals surface area (Å²) in [6.07, 6.45) is 0. The smallest absolute Gasteiger partial charge is 0.255 e. The lowest BCUT2D eigenvalue weighted by molar-refractivity contribution is 0.102. The molecular weight excluding hydrogens is 276 g/mol. The van der Waals surface area contributed by atoms with Crippen LogP contribution in [0.2, 0.25) is 5.02 Å². The summed E-state index contributed by atoms with van der Waals surface area (Å²) in [5.41, 5.74) is 7.36. The third-order valence-electron chi connectivity index (χ3n) is 2.67. The molecule has 0 fully saturated rings. The van der Waals surface area contributed by atoms with Crippen molar-refractivity contribution in [1.82, 2.24) is 0 Å². The molecular formula is C15H15ClN2O2. The highest BCUT2D eigenvalue weighted by Crippen LogP contribution is 2.25. The zero-order valence-electron chi connectivity index (χ0n) is 11.0. The number of carbonyl (C=O) groups is 1. The fourth-order valence-corrected chi connectivity index (χ4v) is 1.93. The standard InChI is InChI=1S/C15H15ClN2O2/c1-2-20-12-6-7-14(13(17)9-12)18-15(19)10-4-3-5-11(16)8-10/h3-9H,2,17H2,1H3,(H,18,19). The fourth-order valence-electron chi connectivity index (χ4n) is 1.74. The van der Waals surface area contributed by atoms with Crippen molar-refractivity contribution in [2.45, 2.75) is 6.92 Å². The van der Waals surface area contributed by atoms with Crippen LogP contribution in [0.25, 0.3) is 0 Å². The molecule has 3 N–H and O–H groups in total. The number of nitrogens with one attached hydrogen (secondary N) is 1. The number of hydrogen-bond donors (Lipinski definition) is 2. The third-order valence-corrected chi connectivity index (χ3v) is 2.90. The Morgan fingerprint density at radius 1 is 1.30 bits per heavy atom. The van der Waals surface area contributed by atoms with Crippen LogP contribution in [-0.2, 0) is 0 Å². The molecule has 2 aromatic rings. The number of halogens is 1. The molecule has 20 heavy (non-hydrogen) atoms. The lowest BCUT2D eigenvalue weighted by atomic mass is 10.2. The maximum atomic E-state index is 12.1. The van der Waals surface area contributed by atoms with Crippen molar-refractivity contribution in [3.05, 3.63) is 53.1 Å². The van der Waals surface area contributed by atoms with Crippen molar-refractivity contribution < 1.29 is 9.53 Å². The predicted molar refractivity (Wildman–Crippen MR) is 81.4 cm³/mol. The molecule has 0 aliphatic heterocycles. The van der Waals surface area contributed by atoms with E-state index < -0.39 is 0 Å². The number of amides is 1. The zero-order valence-corrected chi connectivity index (χ0v) is 11.8. The van der Waals surface area contributed by atoms with Crippen molar-refractivity contribution in [3.63, 3.8) is 0 Å². The van der Waals surface area contributed by atoms with Crippen molar-refractivity contribution in [2.24, 2.45) is 0 Å². The monoisotopic (exact) mass is 290 g/mol. The van der Waals surface area contributed by atoms with E-state index in [4.69, 9.17) is 22.1 Å². The quantitative estimate of drug-likeness (QED) is 0.846. The summed E-state index contributed by atoms with van der Waals surface area (Å²) in [5.74, 6) is 0.411. The molecule has 0 radical (unpaired) electrons. The third kappa shape index (κ3) is 3.42. The predicted octanol–water partition coefficient (Wildman–Crippen LogP) is 3.57. The van der Waals surface area contributed by atoms with Crippen molar-refractivity contribution >= 4 is 28.9 Å². The van der Waals surface area contributed by atoms with Crippen molar-refractivity contribution in [2.75, 3.05) is 17.7 Å². The van der Waals surface area contributed by atoms with Crippen LogP contribution in [0, 0.1) is 0 Å². The second-order valence-corrected chi connectivity index (χ2v) is 4.58. The van der Waals surface area contributed by atoms with Gasteiger partial charge >= 0.3 is 0 Å². The van der Waals surface area contributed by atoms with E-state index in [1.807, 2.05) is 6.92 Å². The molecule has 2 aromatic carbocycles. The first kappa shape index (κ1) is 14.2. The topological polar surface area (TPSA) is 64.3 Å². The molecule has 0 unspecified atom stereocenters. The first-order valence-electron chi connectivity index (χ1n) is 6.19. The van der Waals surface area contributed by atoms with Gasteiger partial charge < -0.3 is 15.8 Å². The highest BCUT2D eigenvalue weighted by molar-refractivity contribution is 6.31. The Labute approximate surface area is 122 Å². The van der Waals surface area contributed by atoms with Crippen LogP contribution in [0.3, 0.4) is 0 Å². The summed E-state index contributed by atoms with van der Waals surface area (Å²) < 4.78 is 5.34. The van der Waals surface area contributed by atoms with Gasteiger partial charge in [0.25, 0.3) is 5.91 Å². The highest BCUT2D eigenvalue weighted by atomic mass is 35.5. The molecule has 0 atom stereocenters. The minimum atomic E-state index is -0.261. The number of nitrogens with two attached hydrogens (primary N) is 1. The molecule has 2 rings (SSSR count). The van der Waals surface area contributed by atoms with Crippen LogP contribution in [0.4, 0.5) is 11.4 Å². The molecule has 0 heterocycles. The van der Waals surface area contributed by atoms with Crippen LogP contribution >= 0.6 is 11.6 Å². The zero-order chi connectivity index (χ0) is 14.5. The van der Waals surface area contributed by atoms with Crippen LogP contribution in [0.1, 0.15) is 17.3 Å². The number of hydrogen-bond acceptors (Lipinski definition) is 3. The number of nitrogen functional groups attached to an aromatic ring is 1. The van der Waals surface area contributed by atoms with E-state index in [1.165, 1.54) is 0 Å². The largest absolute Gasteiger partial charge is 0.494 e. The Bertz CT molecular complexity index is 629. The summed E-state index contributed by atoms with van der Waals surface area (Å²) in [6.45, 7) is 2.46. The Morgan fingerprint density at radius 3 is 2.75 bits per heavy atom. The van der Waals surface area contributed by atoms with Gasteiger partial charge in [0.05, 0.1) is 18.0 Å². The van der Waals surface area contributed by atoms with Crippen LogP contribution < -0.4 is 15.8 Å². The van der Waals surface area contributed by atoms with E-state index in [0.29, 0.717) is 34.3 Å². The van der Waals surface area contributed by atoms with E-state index in [9.17, 15) is 4.79 Å². The maximum Gasteiger partial charge on any atom is 0.255 e. The van der Waals surface area contributed by atoms with Gasteiger partial charge in [0.1, 0.15) is 5.75 Å². The molecule has 0 aliphatic carbocycles. The molecule has 0 aliphatic rings. The summed E-state index contributed by atoms with van der Waals surface area (Å²) in [5, 5.41) is 3.26. The Hall–Kier alpha value is -2.20. The molecule has 5 heteroatoms. The number of benzene rings is 2. The Morgan fingerprint density at radius 2 is 2.10 bits per heavy atom. The van der Waals surface area contributed by atoms with Gasteiger partial charge in [-0.1, -0.05) is 17.7 Å². The van der Waals surface area contributed by atoms with Gasteiger partial charge in [-0.3, -0.25) is 4.79 Å². The van der Waals surface area contributed by atoms with Gasteiger partial charge in [-0.25, -0.2) is 0 Å². The summed E-state index contributed by atoms with van der Waals surface area (Å²) in [4.78, 5) is 12.1. The maximum absolute atomic E-state index is 12.1. The van der Waals surface area contributed by atoms with Gasteiger partial charge in [0.15, 0.2) is 0 Å². The number of anilines is 2. The first-order valence-corrected chi connectivity index (χ1v) is 6.57. The van der Waals surface area contributed by atoms with E-state index in [-0.39, 0.29) is 5.91 Å². The molecule has 0 saturated heterocycles. The second kappa shape index (κ2) is 6.30. The van der Waals surface area contributed by atoms with E-state index >= 15 is 0 Å². The molecule has 0 saturated carbocycles. The second-order valence-electron chi connectivity index (χ2n) is 4.15. The number of ether oxygens (including phenoxy) is 1. The Balaban J connectivity index is 2.15. The van der Waals surface area contributed by atoms with Crippen LogP contribution in [0.15, 0.2) is 42.5 Å². The van der Waals surface area contributed by atoms with Gasteiger partial charge in [0.2, 0.25) is 0 Å². The molecule has 4 nitrogen and oxygen atoms in total. The Kier molecular flexibility index (Phi) is 4.48. The normalized spacial score (nSPS) is 10.1. The molecule has 1 amide bonds. The van der Waals surface area contributed by atoms with Gasteiger partial charge in [0, 0.05) is 16.7 Å². The van der Waals surface area contributed by atoms with Crippen LogP contribution in [0.5, 0.6) is 5.75 Å². The minimum Gasteiger partial charge on any atom is -0.494 e. The van der Waals surface area contributed by atoms with Crippen molar-refractivity contribution in [3.8, 4) is 5.75 Å². The molecule has 104 valence electrons. The average molecular weight is 291 g/mol. The molecule has 0 aromatic heterocycles. The molecule has 0 spiro atoms. The van der Waals surface area contributed by atoms with Crippen LogP contribution in [-0.4, -0.2) is 12.5 Å². The van der Waals surface area contributed by atoms with Gasteiger partial charge in [-0.05, 0) is 37.3 Å². The SMILES string of the molecule is CCOc1ccc(NC(=O)c2cccc(Cl)c2)c(N)c1. The van der Waals surface area contributed by atoms with Gasteiger partial charge in [-0.2, -0.15) is 0 Å². The summed E-state index contributed by atoms with van der Waals surface area (Å²) >= 11 is 5.86. The minimum absolute atomic E-state index is 0.261. The fraction of sp³-hybridized carbons (Fsp3) is 0.133. The summed E-state index contributed by atoms with van der Waals surface area (Å²) in [7, 11) is 0. The average Bonchev–Trinajstić information content (AvgIpc) is 2.42.